The summed E-state index contributed by atoms with van der Waals surface area (Å²) in [6, 6.07) is -0.639. The molecule has 1 aliphatic heterocycles. The number of nitrogens with two attached hydrogens (primary N) is 1. The molecule has 3 atom stereocenters. The molecule has 1 rings (SSSR count). The minimum Gasteiger partial charge on any atom is -0.366 e. The molecule has 1 saturated heterocycles. The monoisotopic (exact) mass is 227 g/mol. The first kappa shape index (κ1) is 13.0. The van der Waals surface area contributed by atoms with Gasteiger partial charge in [0, 0.05) is 5.92 Å². The molecule has 1 fully saturated rings. The summed E-state index contributed by atoms with van der Waals surface area (Å²) in [6.07, 6.45) is 1.90. The van der Waals surface area contributed by atoms with E-state index < -0.39 is 6.03 Å². The standard InChI is InChI=1S/C11H21N3O2/c1-5-8-7(3)16-11(4,6-2)9(8)13-14-10(12)15/h7-8H,5-6H2,1-4H3,(H3,12,14,15)/b13-9-. The van der Waals surface area contributed by atoms with Crippen LogP contribution >= 0.6 is 0 Å². The maximum absolute atomic E-state index is 10.7. The van der Waals surface area contributed by atoms with Crippen molar-refractivity contribution in [1.29, 1.82) is 0 Å². The number of amides is 2. The number of nitrogens with zero attached hydrogens (tertiary/aromatic N) is 1. The van der Waals surface area contributed by atoms with Gasteiger partial charge in [0.05, 0.1) is 11.8 Å². The third kappa shape index (κ3) is 2.35. The summed E-state index contributed by atoms with van der Waals surface area (Å²) in [7, 11) is 0. The van der Waals surface area contributed by atoms with E-state index >= 15 is 0 Å². The Balaban J connectivity index is 2.97. The van der Waals surface area contributed by atoms with E-state index in [2.05, 4.69) is 17.5 Å². The van der Waals surface area contributed by atoms with Gasteiger partial charge >= 0.3 is 6.03 Å². The first-order valence-electron chi connectivity index (χ1n) is 5.76. The molecule has 5 heteroatoms. The van der Waals surface area contributed by atoms with Gasteiger partial charge in [-0.25, -0.2) is 10.2 Å². The highest BCUT2D eigenvalue weighted by Crippen LogP contribution is 2.36. The Morgan fingerprint density at radius 3 is 2.69 bits per heavy atom. The molecule has 0 bridgehead atoms. The van der Waals surface area contributed by atoms with Gasteiger partial charge in [0.2, 0.25) is 0 Å². The van der Waals surface area contributed by atoms with Gasteiger partial charge in [-0.15, -0.1) is 0 Å². The molecule has 3 unspecified atom stereocenters. The van der Waals surface area contributed by atoms with E-state index in [1.54, 1.807) is 0 Å². The van der Waals surface area contributed by atoms with Crippen LogP contribution in [-0.2, 0) is 4.74 Å². The van der Waals surface area contributed by atoms with Gasteiger partial charge in [-0.05, 0) is 26.7 Å². The SMILES string of the molecule is CCC1/C(=N/NC(N)=O)C(C)(CC)OC1C. The number of carbonyl (C=O) groups excluding carboxylic acids is 1. The van der Waals surface area contributed by atoms with E-state index in [-0.39, 0.29) is 17.6 Å². The van der Waals surface area contributed by atoms with Crippen LogP contribution in [0.4, 0.5) is 4.79 Å². The molecule has 0 aromatic rings. The molecular weight excluding hydrogens is 206 g/mol. The lowest BCUT2D eigenvalue weighted by atomic mass is 9.87. The van der Waals surface area contributed by atoms with Gasteiger partial charge < -0.3 is 10.5 Å². The Morgan fingerprint density at radius 2 is 2.25 bits per heavy atom. The predicted molar refractivity (Wildman–Crippen MR) is 63.2 cm³/mol. The average molecular weight is 227 g/mol. The molecule has 0 spiro atoms. The summed E-state index contributed by atoms with van der Waals surface area (Å²) in [5.41, 5.74) is 7.84. The minimum absolute atomic E-state index is 0.128. The minimum atomic E-state index is -0.639. The fourth-order valence-corrected chi connectivity index (χ4v) is 2.27. The normalized spacial score (nSPS) is 36.6. The van der Waals surface area contributed by atoms with E-state index in [0.717, 1.165) is 18.6 Å². The summed E-state index contributed by atoms with van der Waals surface area (Å²) in [5.74, 6) is 0.247. The molecule has 3 N–H and O–H groups in total. The van der Waals surface area contributed by atoms with Gasteiger partial charge in [0.1, 0.15) is 5.60 Å². The highest BCUT2D eigenvalue weighted by Gasteiger charge is 2.45. The first-order chi connectivity index (χ1) is 7.44. The van der Waals surface area contributed by atoms with E-state index in [4.69, 9.17) is 10.5 Å². The molecule has 92 valence electrons. The van der Waals surface area contributed by atoms with Gasteiger partial charge in [0.25, 0.3) is 0 Å². The van der Waals surface area contributed by atoms with Crippen LogP contribution in [0.2, 0.25) is 0 Å². The van der Waals surface area contributed by atoms with Crippen LogP contribution in [0.3, 0.4) is 0 Å². The lowest BCUT2D eigenvalue weighted by Crippen LogP contribution is -2.36. The van der Waals surface area contributed by atoms with Crippen molar-refractivity contribution < 1.29 is 9.53 Å². The van der Waals surface area contributed by atoms with E-state index in [9.17, 15) is 4.79 Å². The van der Waals surface area contributed by atoms with Gasteiger partial charge in [0.15, 0.2) is 0 Å². The summed E-state index contributed by atoms with van der Waals surface area (Å²) >= 11 is 0. The van der Waals surface area contributed by atoms with Crippen LogP contribution in [0.15, 0.2) is 5.10 Å². The number of nitrogens with one attached hydrogen (secondary N) is 1. The quantitative estimate of drug-likeness (QED) is 0.719. The largest absolute Gasteiger partial charge is 0.366 e. The first-order valence-corrected chi connectivity index (χ1v) is 5.76. The van der Waals surface area contributed by atoms with Crippen molar-refractivity contribution in [3.8, 4) is 0 Å². The second-order valence-corrected chi connectivity index (χ2v) is 4.40. The Labute approximate surface area is 96.4 Å². The number of urea groups is 1. The maximum Gasteiger partial charge on any atom is 0.332 e. The van der Waals surface area contributed by atoms with Crippen molar-refractivity contribution >= 4 is 11.7 Å². The summed E-state index contributed by atoms with van der Waals surface area (Å²) < 4.78 is 5.92. The van der Waals surface area contributed by atoms with Crippen LogP contribution in [0.25, 0.3) is 0 Å². The maximum atomic E-state index is 10.7. The summed E-state index contributed by atoms with van der Waals surface area (Å²) in [4.78, 5) is 10.7. The van der Waals surface area contributed by atoms with E-state index in [0.29, 0.717) is 0 Å². The molecule has 16 heavy (non-hydrogen) atoms. The molecule has 2 amide bonds. The number of hydrogen-bond donors (Lipinski definition) is 2. The Morgan fingerprint density at radius 1 is 1.62 bits per heavy atom. The van der Waals surface area contributed by atoms with Crippen molar-refractivity contribution in [2.45, 2.75) is 52.2 Å². The number of rotatable bonds is 3. The second kappa shape index (κ2) is 4.82. The zero-order chi connectivity index (χ0) is 12.3. The molecule has 0 aromatic heterocycles. The summed E-state index contributed by atoms with van der Waals surface area (Å²) in [6.45, 7) is 8.17. The lowest BCUT2D eigenvalue weighted by molar-refractivity contribution is -0.0106. The third-order valence-corrected chi connectivity index (χ3v) is 3.31. The number of hydrazone groups is 1. The Kier molecular flexibility index (Phi) is 3.91. The lowest BCUT2D eigenvalue weighted by Gasteiger charge is -2.23. The Hall–Kier alpha value is -1.10. The topological polar surface area (TPSA) is 76.7 Å². The molecule has 1 heterocycles. The van der Waals surface area contributed by atoms with E-state index in [1.807, 2.05) is 20.8 Å². The zero-order valence-corrected chi connectivity index (χ0v) is 10.4. The number of primary amides is 1. The van der Waals surface area contributed by atoms with Crippen molar-refractivity contribution in [1.82, 2.24) is 5.43 Å². The van der Waals surface area contributed by atoms with E-state index in [1.165, 1.54) is 0 Å². The van der Waals surface area contributed by atoms with Crippen LogP contribution in [0, 0.1) is 5.92 Å². The number of ether oxygens (including phenoxy) is 1. The molecule has 0 aliphatic carbocycles. The van der Waals surface area contributed by atoms with Gasteiger partial charge in [-0.3, -0.25) is 0 Å². The van der Waals surface area contributed by atoms with Crippen molar-refractivity contribution in [2.24, 2.45) is 16.8 Å². The number of hydrogen-bond acceptors (Lipinski definition) is 3. The molecule has 5 nitrogen and oxygen atoms in total. The third-order valence-electron chi connectivity index (χ3n) is 3.31. The fourth-order valence-electron chi connectivity index (χ4n) is 2.27. The van der Waals surface area contributed by atoms with Crippen LogP contribution in [0.5, 0.6) is 0 Å². The predicted octanol–water partition coefficient (Wildman–Crippen LogP) is 1.62. The number of carbonyl (C=O) groups is 1. The van der Waals surface area contributed by atoms with Crippen LogP contribution in [-0.4, -0.2) is 23.4 Å². The fraction of sp³-hybridized carbons (Fsp3) is 0.818. The molecular formula is C11H21N3O2. The van der Waals surface area contributed by atoms with Gasteiger partial charge in [-0.1, -0.05) is 13.8 Å². The molecule has 0 saturated carbocycles. The molecule has 1 aliphatic rings. The smallest absolute Gasteiger partial charge is 0.332 e. The summed E-state index contributed by atoms with van der Waals surface area (Å²) in [5, 5.41) is 4.12. The van der Waals surface area contributed by atoms with Crippen LogP contribution in [0.1, 0.15) is 40.5 Å². The van der Waals surface area contributed by atoms with Crippen LogP contribution < -0.4 is 11.2 Å². The second-order valence-electron chi connectivity index (χ2n) is 4.40. The molecule has 0 radical (unpaired) electrons. The zero-order valence-electron chi connectivity index (χ0n) is 10.4. The molecule has 0 aromatic carbocycles. The highest BCUT2D eigenvalue weighted by atomic mass is 16.5. The van der Waals surface area contributed by atoms with Crippen molar-refractivity contribution in [3.63, 3.8) is 0 Å². The van der Waals surface area contributed by atoms with Crippen molar-refractivity contribution in [3.05, 3.63) is 0 Å². The van der Waals surface area contributed by atoms with Crippen molar-refractivity contribution in [2.75, 3.05) is 0 Å². The average Bonchev–Trinajstić information content (AvgIpc) is 2.47. The Bertz CT molecular complexity index is 304. The van der Waals surface area contributed by atoms with Gasteiger partial charge in [-0.2, -0.15) is 5.10 Å². The highest BCUT2D eigenvalue weighted by molar-refractivity contribution is 5.96.